The molecule has 18 nitrogen and oxygen atoms in total. The number of rotatable bonds is 23. The van der Waals surface area contributed by atoms with Crippen LogP contribution in [0.1, 0.15) is 51.4 Å². The molecule has 0 atom stereocenters. The molecule has 2 heterocycles. The van der Waals surface area contributed by atoms with E-state index in [1.54, 1.807) is 21.3 Å². The Bertz CT molecular complexity index is 902. The van der Waals surface area contributed by atoms with Crippen molar-refractivity contribution in [2.45, 2.75) is 51.4 Å². The van der Waals surface area contributed by atoms with Gasteiger partial charge in [0.1, 0.15) is 27.2 Å². The van der Waals surface area contributed by atoms with Gasteiger partial charge in [-0.15, -0.1) is 0 Å². The van der Waals surface area contributed by atoms with Crippen LogP contribution in [0.4, 0.5) is 4.79 Å². The molecule has 0 spiro atoms. The van der Waals surface area contributed by atoms with E-state index in [4.69, 9.17) is 29.8 Å². The van der Waals surface area contributed by atoms with Crippen molar-refractivity contribution in [3.8, 4) is 0 Å². The summed E-state index contributed by atoms with van der Waals surface area (Å²) in [5.74, 6) is -1.78. The Balaban J connectivity index is -0.000000189. The molecule has 0 unspecified atom stereocenters. The molecular weight excluding hydrogens is 928 g/mol. The molecular formula is C34H65Br3N4O14. The number of amides is 5. The standard InChI is InChI=1S/C10H15NO4.C6H13BrO2.C6H5NO4.C6H15NO2.C4H8Br2.C2H6O2.H3N/c1-14-8-15-7-3-2-6-11-9(12)4-5-10(11)13;1-8-6-9-5-3-2-4-7;1-11-6(10)7-4(8)2-3-5(7)9;1-8-6-9-5-3-2-4-7;5-3-1-2-4-6;1-4-2-3;/h4-5H,2-3,6-8H2,1H3;2-6H2,1H3;2-3H,1H3;2-7H2,1H3;1-4H2;3H,2H2,1H3;1H3. The topological polar surface area (TPSA) is 247 Å². The van der Waals surface area contributed by atoms with Gasteiger partial charge in [-0.05, 0) is 57.9 Å². The zero-order valence-corrected chi connectivity index (χ0v) is 37.8. The van der Waals surface area contributed by atoms with Crippen molar-refractivity contribution < 1.29 is 67.0 Å². The van der Waals surface area contributed by atoms with E-state index in [0.29, 0.717) is 31.6 Å². The molecule has 326 valence electrons. The van der Waals surface area contributed by atoms with Crippen molar-refractivity contribution in [1.82, 2.24) is 16.0 Å². The average Bonchev–Trinajstić information content (AvgIpc) is 3.70. The number of nitrogens with zero attached hydrogens (tertiary/aromatic N) is 2. The molecule has 0 aromatic carbocycles. The summed E-state index contributed by atoms with van der Waals surface area (Å²) in [4.78, 5) is 55.9. The van der Waals surface area contributed by atoms with Crippen molar-refractivity contribution in [3.05, 3.63) is 24.3 Å². The highest BCUT2D eigenvalue weighted by atomic mass is 79.9. The van der Waals surface area contributed by atoms with E-state index in [2.05, 4.69) is 66.7 Å². The first kappa shape index (κ1) is 62.5. The number of hydrogen-bond acceptors (Lipinski definition) is 16. The fraction of sp³-hybridized carbons (Fsp3) is 0.735. The maximum Gasteiger partial charge on any atom is 0.423 e. The zero-order valence-electron chi connectivity index (χ0n) is 33.0. The van der Waals surface area contributed by atoms with Gasteiger partial charge in [-0.25, -0.2) is 4.79 Å². The number of ether oxygens (including phenoxy) is 8. The summed E-state index contributed by atoms with van der Waals surface area (Å²) in [6.45, 7) is 4.26. The minimum atomic E-state index is -0.954. The lowest BCUT2D eigenvalue weighted by molar-refractivity contribution is -0.137. The number of aliphatic hydroxyl groups excluding tert-OH is 1. The maximum absolute atomic E-state index is 11.1. The van der Waals surface area contributed by atoms with Gasteiger partial charge in [-0.2, -0.15) is 4.90 Å². The molecule has 0 aromatic rings. The van der Waals surface area contributed by atoms with E-state index in [1.807, 2.05) is 0 Å². The molecule has 21 heteroatoms. The lowest BCUT2D eigenvalue weighted by Crippen LogP contribution is -2.35. The Morgan fingerprint density at radius 2 is 0.945 bits per heavy atom. The predicted molar refractivity (Wildman–Crippen MR) is 219 cm³/mol. The zero-order chi connectivity index (χ0) is 41.7. The van der Waals surface area contributed by atoms with Crippen molar-refractivity contribution in [1.29, 1.82) is 0 Å². The highest BCUT2D eigenvalue weighted by Gasteiger charge is 2.30. The summed E-state index contributed by atoms with van der Waals surface area (Å²) < 4.78 is 37.5. The molecule has 0 saturated heterocycles. The number of methoxy groups -OCH3 is 5. The highest BCUT2D eigenvalue weighted by molar-refractivity contribution is 9.09. The summed E-state index contributed by atoms with van der Waals surface area (Å²) in [7, 11) is 7.34. The van der Waals surface area contributed by atoms with Gasteiger partial charge < -0.3 is 54.9 Å². The smallest absolute Gasteiger partial charge is 0.423 e. The van der Waals surface area contributed by atoms with Crippen LogP contribution >= 0.6 is 47.8 Å². The quantitative estimate of drug-likeness (QED) is 0.0555. The van der Waals surface area contributed by atoms with Gasteiger partial charge in [0.25, 0.3) is 23.6 Å². The SMILES string of the molecule is BrCCCCBr.COC(=O)N1C(=O)C=CC1=O.COCO.COCOCCCCBr.COCOCCCCN.COCOCCCCN1C(=O)C=CC1=O.N. The van der Waals surface area contributed by atoms with Crippen LogP contribution in [0.5, 0.6) is 0 Å². The van der Waals surface area contributed by atoms with Gasteiger partial charge in [0.15, 0.2) is 0 Å². The molecule has 2 aliphatic heterocycles. The molecule has 6 N–H and O–H groups in total. The predicted octanol–water partition coefficient (Wildman–Crippen LogP) is 4.42. The lowest BCUT2D eigenvalue weighted by Gasteiger charge is -2.12. The first-order chi connectivity index (χ1) is 26.1. The van der Waals surface area contributed by atoms with Gasteiger partial charge in [0, 0.05) is 95.1 Å². The summed E-state index contributed by atoms with van der Waals surface area (Å²) in [6, 6.07) is 0. The number of alkyl halides is 3. The third kappa shape index (κ3) is 44.8. The molecule has 2 rings (SSSR count). The molecule has 55 heavy (non-hydrogen) atoms. The summed E-state index contributed by atoms with van der Waals surface area (Å²) in [5.41, 5.74) is 5.26. The Hall–Kier alpha value is -1.73. The fourth-order valence-corrected chi connectivity index (χ4v) is 4.25. The number of aliphatic hydroxyl groups is 1. The second-order valence-electron chi connectivity index (χ2n) is 10.0. The van der Waals surface area contributed by atoms with Crippen molar-refractivity contribution >= 4 is 77.5 Å². The lowest BCUT2D eigenvalue weighted by atomic mass is 10.3. The number of carbonyl (C=O) groups is 5. The minimum absolute atomic E-state index is 0. The molecule has 0 bridgehead atoms. The van der Waals surface area contributed by atoms with E-state index in [9.17, 15) is 24.0 Å². The summed E-state index contributed by atoms with van der Waals surface area (Å²) in [6.07, 6.45) is 12.1. The average molecular weight is 994 g/mol. The Kier molecular flexibility index (Phi) is 59.4. The number of halogens is 3. The molecule has 0 aliphatic carbocycles. The summed E-state index contributed by atoms with van der Waals surface area (Å²) in [5, 5.41) is 11.0. The first-order valence-electron chi connectivity index (χ1n) is 16.9. The highest BCUT2D eigenvalue weighted by Crippen LogP contribution is 2.06. The van der Waals surface area contributed by atoms with Gasteiger partial charge >= 0.3 is 6.09 Å². The second kappa shape index (κ2) is 52.3. The number of nitrogens with two attached hydrogens (primary N) is 1. The normalized spacial score (nSPS) is 12.2. The molecule has 0 radical (unpaired) electrons. The second-order valence-corrected chi connectivity index (χ2v) is 12.4. The minimum Gasteiger partial charge on any atom is -0.452 e. The van der Waals surface area contributed by atoms with Crippen LogP contribution in [0, 0.1) is 0 Å². The number of imide groups is 4. The monoisotopic (exact) mass is 990 g/mol. The Morgan fingerprint density at radius 1 is 0.600 bits per heavy atom. The Morgan fingerprint density at radius 3 is 1.27 bits per heavy atom. The van der Waals surface area contributed by atoms with Crippen molar-refractivity contribution in [2.24, 2.45) is 5.73 Å². The Labute approximate surface area is 352 Å². The van der Waals surface area contributed by atoms with Crippen LogP contribution < -0.4 is 11.9 Å². The van der Waals surface area contributed by atoms with E-state index in [1.165, 1.54) is 43.4 Å². The van der Waals surface area contributed by atoms with Crippen LogP contribution in [0.2, 0.25) is 0 Å². The number of hydrogen-bond donors (Lipinski definition) is 3. The van der Waals surface area contributed by atoms with E-state index in [-0.39, 0.29) is 31.6 Å². The molecule has 5 amide bonds. The van der Waals surface area contributed by atoms with Gasteiger partial charge in [-0.3, -0.25) is 24.1 Å². The van der Waals surface area contributed by atoms with E-state index < -0.39 is 17.9 Å². The maximum atomic E-state index is 11.1. The van der Waals surface area contributed by atoms with Crippen LogP contribution in [-0.4, -0.2) is 156 Å². The largest absolute Gasteiger partial charge is 0.452 e. The van der Waals surface area contributed by atoms with E-state index in [0.717, 1.165) is 87.1 Å². The van der Waals surface area contributed by atoms with Gasteiger partial charge in [-0.1, -0.05) is 47.8 Å². The molecule has 0 saturated carbocycles. The number of carbonyl (C=O) groups excluding carboxylic acids is 5. The number of unbranched alkanes of at least 4 members (excludes halogenated alkanes) is 4. The third-order valence-corrected chi connectivity index (χ3v) is 7.33. The molecule has 0 aromatic heterocycles. The van der Waals surface area contributed by atoms with Crippen LogP contribution in [-0.2, 0) is 57.1 Å². The summed E-state index contributed by atoms with van der Waals surface area (Å²) >= 11 is 9.99. The molecule has 2 aliphatic rings. The molecule has 0 fully saturated rings. The van der Waals surface area contributed by atoms with Crippen LogP contribution in [0.3, 0.4) is 0 Å². The van der Waals surface area contributed by atoms with Crippen LogP contribution in [0.15, 0.2) is 24.3 Å². The van der Waals surface area contributed by atoms with Gasteiger partial charge in [0.2, 0.25) is 0 Å². The third-order valence-electron chi connectivity index (χ3n) is 5.65. The first-order valence-corrected chi connectivity index (χ1v) is 20.3. The van der Waals surface area contributed by atoms with Crippen molar-refractivity contribution in [2.75, 3.05) is 112 Å². The van der Waals surface area contributed by atoms with Gasteiger partial charge in [0.05, 0.1) is 7.11 Å². The van der Waals surface area contributed by atoms with Crippen LogP contribution in [0.25, 0.3) is 0 Å². The fourth-order valence-electron chi connectivity index (χ4n) is 3.06. The van der Waals surface area contributed by atoms with Crippen molar-refractivity contribution in [3.63, 3.8) is 0 Å². The van der Waals surface area contributed by atoms with E-state index >= 15 is 0 Å².